The van der Waals surface area contributed by atoms with Crippen molar-refractivity contribution in [3.8, 4) is 5.75 Å². The predicted molar refractivity (Wildman–Crippen MR) is 74.5 cm³/mol. The van der Waals surface area contributed by atoms with Gasteiger partial charge in [-0.25, -0.2) is 0 Å². The number of benzene rings is 2. The second kappa shape index (κ2) is 4.54. The van der Waals surface area contributed by atoms with E-state index in [9.17, 15) is 4.79 Å². The zero-order valence-electron chi connectivity index (χ0n) is 11.1. The summed E-state index contributed by atoms with van der Waals surface area (Å²) in [6, 6.07) is 15.9. The van der Waals surface area contributed by atoms with Crippen molar-refractivity contribution in [2.24, 2.45) is 0 Å². The summed E-state index contributed by atoms with van der Waals surface area (Å²) < 4.78 is 5.31. The molecule has 1 heterocycles. The van der Waals surface area contributed by atoms with Crippen molar-refractivity contribution in [3.05, 3.63) is 65.2 Å². The third-order valence-corrected chi connectivity index (χ3v) is 3.61. The van der Waals surface area contributed by atoms with Gasteiger partial charge >= 0.3 is 5.97 Å². The molecule has 1 unspecified atom stereocenters. The van der Waals surface area contributed by atoms with Crippen molar-refractivity contribution in [3.63, 3.8) is 0 Å². The van der Waals surface area contributed by atoms with E-state index in [1.165, 1.54) is 5.56 Å². The number of ether oxygens (including phenoxy) is 1. The maximum Gasteiger partial charge on any atom is 0.323 e. The van der Waals surface area contributed by atoms with Crippen LogP contribution in [0.3, 0.4) is 0 Å². The van der Waals surface area contributed by atoms with Gasteiger partial charge in [0, 0.05) is 5.56 Å². The molecule has 0 aliphatic carbocycles. The molecule has 19 heavy (non-hydrogen) atoms. The van der Waals surface area contributed by atoms with Gasteiger partial charge in [0.25, 0.3) is 0 Å². The van der Waals surface area contributed by atoms with Crippen molar-refractivity contribution in [2.75, 3.05) is 0 Å². The molecule has 0 bridgehead atoms. The number of para-hydroxylation sites is 1. The third kappa shape index (κ3) is 2.03. The van der Waals surface area contributed by atoms with Crippen molar-refractivity contribution < 1.29 is 9.53 Å². The fourth-order valence-electron chi connectivity index (χ4n) is 2.50. The van der Waals surface area contributed by atoms with E-state index < -0.39 is 0 Å². The lowest BCUT2D eigenvalue weighted by molar-refractivity contribution is -0.133. The molecule has 0 fully saturated rings. The molecule has 0 radical (unpaired) electrons. The Labute approximate surface area is 113 Å². The summed E-state index contributed by atoms with van der Waals surface area (Å²) >= 11 is 0. The first kappa shape index (κ1) is 12.0. The number of rotatable bonds is 2. The van der Waals surface area contributed by atoms with Crippen LogP contribution in [0.15, 0.2) is 48.5 Å². The van der Waals surface area contributed by atoms with Crippen LogP contribution in [0.4, 0.5) is 0 Å². The van der Waals surface area contributed by atoms with Gasteiger partial charge in [0.2, 0.25) is 0 Å². The van der Waals surface area contributed by atoms with Crippen molar-refractivity contribution in [1.29, 1.82) is 0 Å². The second-order valence-electron chi connectivity index (χ2n) is 5.21. The van der Waals surface area contributed by atoms with E-state index in [1.807, 2.05) is 36.4 Å². The molecule has 0 saturated heterocycles. The Morgan fingerprint density at radius 1 is 1.00 bits per heavy atom. The SMILES string of the molecule is CC(C)c1ccc(C2C(=O)Oc3ccccc32)cc1. The van der Waals surface area contributed by atoms with E-state index in [-0.39, 0.29) is 11.9 Å². The molecule has 1 aliphatic rings. The number of esters is 1. The van der Waals surface area contributed by atoms with Crippen LogP contribution >= 0.6 is 0 Å². The Bertz CT molecular complexity index is 611. The molecular weight excluding hydrogens is 236 g/mol. The third-order valence-electron chi connectivity index (χ3n) is 3.61. The minimum absolute atomic E-state index is 0.182. The molecule has 1 aliphatic heterocycles. The lowest BCUT2D eigenvalue weighted by Gasteiger charge is -2.10. The molecule has 0 spiro atoms. The molecule has 2 aromatic carbocycles. The van der Waals surface area contributed by atoms with E-state index >= 15 is 0 Å². The summed E-state index contributed by atoms with van der Waals surface area (Å²) in [5.74, 6) is 0.721. The van der Waals surface area contributed by atoms with E-state index in [4.69, 9.17) is 4.74 Å². The van der Waals surface area contributed by atoms with Gasteiger partial charge in [0.15, 0.2) is 0 Å². The number of fused-ring (bicyclic) bond motifs is 1. The maximum absolute atomic E-state index is 12.0. The first-order valence-electron chi connectivity index (χ1n) is 6.57. The Balaban J connectivity index is 2.00. The Morgan fingerprint density at radius 2 is 1.68 bits per heavy atom. The van der Waals surface area contributed by atoms with Crippen molar-refractivity contribution in [1.82, 2.24) is 0 Å². The van der Waals surface area contributed by atoms with E-state index in [0.29, 0.717) is 11.7 Å². The second-order valence-corrected chi connectivity index (χ2v) is 5.21. The number of carbonyl (C=O) groups excluding carboxylic acids is 1. The van der Waals surface area contributed by atoms with Crippen LogP contribution in [0.5, 0.6) is 5.75 Å². The van der Waals surface area contributed by atoms with E-state index in [0.717, 1.165) is 11.1 Å². The van der Waals surface area contributed by atoms with Gasteiger partial charge in [0.1, 0.15) is 11.7 Å². The molecule has 2 nitrogen and oxygen atoms in total. The maximum atomic E-state index is 12.0. The van der Waals surface area contributed by atoms with Crippen LogP contribution in [0.1, 0.15) is 42.4 Å². The summed E-state index contributed by atoms with van der Waals surface area (Å²) in [5.41, 5.74) is 3.24. The molecule has 0 N–H and O–H groups in total. The quantitative estimate of drug-likeness (QED) is 0.599. The number of hydrogen-bond donors (Lipinski definition) is 0. The number of hydrogen-bond acceptors (Lipinski definition) is 2. The Morgan fingerprint density at radius 3 is 2.37 bits per heavy atom. The van der Waals surface area contributed by atoms with Gasteiger partial charge in [0.05, 0.1) is 0 Å². The van der Waals surface area contributed by atoms with E-state index in [2.05, 4.69) is 26.0 Å². The van der Waals surface area contributed by atoms with Gasteiger partial charge in [-0.05, 0) is 23.1 Å². The minimum atomic E-state index is -0.280. The van der Waals surface area contributed by atoms with Crippen molar-refractivity contribution in [2.45, 2.75) is 25.7 Å². The highest BCUT2D eigenvalue weighted by atomic mass is 16.5. The normalized spacial score (nSPS) is 17.4. The van der Waals surface area contributed by atoms with Gasteiger partial charge in [-0.3, -0.25) is 4.79 Å². The molecule has 2 heteroatoms. The summed E-state index contributed by atoms with van der Waals surface area (Å²) in [7, 11) is 0. The van der Waals surface area contributed by atoms with Gasteiger partial charge < -0.3 is 4.74 Å². The Kier molecular flexibility index (Phi) is 2.86. The standard InChI is InChI=1S/C17H16O2/c1-11(2)12-7-9-13(10-8-12)16-14-5-3-4-6-15(14)19-17(16)18/h3-11,16H,1-2H3. The van der Waals surface area contributed by atoms with Crippen LogP contribution < -0.4 is 4.74 Å². The molecule has 96 valence electrons. The first-order valence-corrected chi connectivity index (χ1v) is 6.57. The first-order chi connectivity index (χ1) is 9.16. The fraction of sp³-hybridized carbons (Fsp3) is 0.235. The summed E-state index contributed by atoms with van der Waals surface area (Å²) in [4.78, 5) is 12.0. The molecule has 1 atom stereocenters. The lowest BCUT2D eigenvalue weighted by atomic mass is 9.91. The molecule has 0 saturated carbocycles. The van der Waals surface area contributed by atoms with Crippen LogP contribution in [0.25, 0.3) is 0 Å². The van der Waals surface area contributed by atoms with Crippen LogP contribution in [-0.2, 0) is 4.79 Å². The van der Waals surface area contributed by atoms with Crippen LogP contribution in [0, 0.1) is 0 Å². The highest BCUT2D eigenvalue weighted by Gasteiger charge is 2.33. The van der Waals surface area contributed by atoms with Crippen molar-refractivity contribution >= 4 is 5.97 Å². The molecule has 2 aromatic rings. The minimum Gasteiger partial charge on any atom is -0.425 e. The molecule has 0 amide bonds. The lowest BCUT2D eigenvalue weighted by Crippen LogP contribution is -2.11. The zero-order chi connectivity index (χ0) is 13.4. The summed E-state index contributed by atoms with van der Waals surface area (Å²) in [6.45, 7) is 4.32. The monoisotopic (exact) mass is 252 g/mol. The Hall–Kier alpha value is -2.09. The summed E-state index contributed by atoms with van der Waals surface area (Å²) in [6.07, 6.45) is 0. The average molecular weight is 252 g/mol. The highest BCUT2D eigenvalue weighted by Crippen LogP contribution is 2.38. The van der Waals surface area contributed by atoms with Crippen LogP contribution in [0.2, 0.25) is 0 Å². The average Bonchev–Trinajstić information content (AvgIpc) is 2.74. The largest absolute Gasteiger partial charge is 0.425 e. The predicted octanol–water partition coefficient (Wildman–Crippen LogP) is 3.86. The summed E-state index contributed by atoms with van der Waals surface area (Å²) in [5, 5.41) is 0. The smallest absolute Gasteiger partial charge is 0.323 e. The van der Waals surface area contributed by atoms with Gasteiger partial charge in [-0.1, -0.05) is 56.3 Å². The van der Waals surface area contributed by atoms with E-state index in [1.54, 1.807) is 0 Å². The highest BCUT2D eigenvalue weighted by molar-refractivity contribution is 5.89. The fourth-order valence-corrected chi connectivity index (χ4v) is 2.50. The molecule has 0 aromatic heterocycles. The zero-order valence-corrected chi connectivity index (χ0v) is 11.1. The van der Waals surface area contributed by atoms with Crippen LogP contribution in [-0.4, -0.2) is 5.97 Å². The topological polar surface area (TPSA) is 26.3 Å². The number of carbonyl (C=O) groups is 1. The molecular formula is C17H16O2. The molecule has 3 rings (SSSR count). The van der Waals surface area contributed by atoms with Gasteiger partial charge in [-0.2, -0.15) is 0 Å². The van der Waals surface area contributed by atoms with Gasteiger partial charge in [-0.15, -0.1) is 0 Å².